The van der Waals surface area contributed by atoms with E-state index < -0.39 is 17.2 Å². The zero-order valence-electron chi connectivity index (χ0n) is 27.7. The third-order valence-electron chi connectivity index (χ3n) is 8.95. The number of carbonyl (C=O) groups excluding carboxylic acids is 2. The number of nitrogens with one attached hydrogen (secondary N) is 3. The molecule has 0 fully saturated rings. The summed E-state index contributed by atoms with van der Waals surface area (Å²) in [5.74, 6) is -0.445. The van der Waals surface area contributed by atoms with E-state index in [1.807, 2.05) is 43.3 Å². The summed E-state index contributed by atoms with van der Waals surface area (Å²) in [6.45, 7) is 8.75. The van der Waals surface area contributed by atoms with Gasteiger partial charge in [-0.3, -0.25) is 9.59 Å². The lowest BCUT2D eigenvalue weighted by atomic mass is 9.69. The molecular formula is C35H45N7O4. The van der Waals surface area contributed by atoms with Crippen LogP contribution >= 0.6 is 0 Å². The van der Waals surface area contributed by atoms with Crippen LogP contribution in [0.4, 0.5) is 0 Å². The Kier molecular flexibility index (Phi) is 10.9. The number of amides is 2. The van der Waals surface area contributed by atoms with Gasteiger partial charge in [0.15, 0.2) is 5.82 Å². The van der Waals surface area contributed by atoms with Gasteiger partial charge in [0, 0.05) is 39.5 Å². The van der Waals surface area contributed by atoms with Crippen molar-refractivity contribution in [2.24, 2.45) is 5.92 Å². The summed E-state index contributed by atoms with van der Waals surface area (Å²) >= 11 is 0. The van der Waals surface area contributed by atoms with E-state index >= 15 is 0 Å². The van der Waals surface area contributed by atoms with Crippen LogP contribution in [-0.2, 0) is 23.1 Å². The van der Waals surface area contributed by atoms with Gasteiger partial charge < -0.3 is 25.0 Å². The topological polar surface area (TPSA) is 147 Å². The van der Waals surface area contributed by atoms with Crippen molar-refractivity contribution in [2.75, 3.05) is 41.3 Å². The van der Waals surface area contributed by atoms with Crippen molar-refractivity contribution in [1.82, 2.24) is 30.6 Å². The van der Waals surface area contributed by atoms with Gasteiger partial charge >= 0.3 is 5.76 Å². The number of rotatable bonds is 13. The predicted molar refractivity (Wildman–Crippen MR) is 177 cm³/mol. The molecule has 3 aromatic rings. The van der Waals surface area contributed by atoms with Crippen LogP contribution in [0, 0.1) is 17.2 Å². The molecule has 1 aromatic heterocycles. The van der Waals surface area contributed by atoms with Gasteiger partial charge in [0.2, 0.25) is 5.91 Å². The highest BCUT2D eigenvalue weighted by atomic mass is 16.5. The Morgan fingerprint density at radius 1 is 1.09 bits per heavy atom. The summed E-state index contributed by atoms with van der Waals surface area (Å²) < 4.78 is 5.15. The molecule has 11 nitrogen and oxygen atoms in total. The van der Waals surface area contributed by atoms with Gasteiger partial charge in [-0.2, -0.15) is 10.2 Å². The van der Waals surface area contributed by atoms with Crippen LogP contribution in [0.2, 0.25) is 0 Å². The zero-order valence-corrected chi connectivity index (χ0v) is 27.7. The van der Waals surface area contributed by atoms with Gasteiger partial charge in [-0.1, -0.05) is 45.0 Å². The summed E-state index contributed by atoms with van der Waals surface area (Å²) in [7, 11) is 7.34. The minimum absolute atomic E-state index is 0.0156. The number of benzene rings is 2. The third kappa shape index (κ3) is 7.23. The Labute approximate surface area is 270 Å². The predicted octanol–water partition coefficient (Wildman–Crippen LogP) is 3.45. The summed E-state index contributed by atoms with van der Waals surface area (Å²) in [5, 5.41) is 18.4. The fourth-order valence-electron chi connectivity index (χ4n) is 6.17. The number of aromatic nitrogens is 2. The average Bonchev–Trinajstić information content (AvgIpc) is 3.43. The second-order valence-electron chi connectivity index (χ2n) is 12.5. The molecule has 0 saturated heterocycles. The molecular weight excluding hydrogens is 582 g/mol. The average molecular weight is 628 g/mol. The maximum atomic E-state index is 13.0. The number of carbonyl (C=O) groups is 2. The third-order valence-corrected chi connectivity index (χ3v) is 8.95. The van der Waals surface area contributed by atoms with Crippen LogP contribution in [-0.4, -0.2) is 79.1 Å². The lowest BCUT2D eigenvalue weighted by Gasteiger charge is -2.35. The van der Waals surface area contributed by atoms with Gasteiger partial charge in [-0.15, -0.1) is 0 Å². The second-order valence-corrected chi connectivity index (χ2v) is 12.5. The van der Waals surface area contributed by atoms with E-state index in [2.05, 4.69) is 59.4 Å². The molecule has 3 N–H and O–H groups in total. The van der Waals surface area contributed by atoms with E-state index in [0.717, 1.165) is 39.9 Å². The van der Waals surface area contributed by atoms with Crippen molar-refractivity contribution in [1.29, 1.82) is 5.26 Å². The molecule has 244 valence electrons. The lowest BCUT2D eigenvalue weighted by molar-refractivity contribution is -0.120. The summed E-state index contributed by atoms with van der Waals surface area (Å²) in [5.41, 5.74) is 5.29. The first-order valence-electron chi connectivity index (χ1n) is 15.7. The molecule has 0 aliphatic heterocycles. The number of hydrogen-bond acceptors (Lipinski definition) is 8. The molecule has 0 radical (unpaired) electrons. The zero-order chi connectivity index (χ0) is 33.6. The van der Waals surface area contributed by atoms with Crippen molar-refractivity contribution < 1.29 is 14.1 Å². The number of aromatic amines is 1. The van der Waals surface area contributed by atoms with Crippen LogP contribution < -0.4 is 16.4 Å². The Morgan fingerprint density at radius 2 is 1.72 bits per heavy atom. The minimum Gasteiger partial charge on any atom is -0.378 e. The number of nitriles is 1. The van der Waals surface area contributed by atoms with Crippen LogP contribution in [0.25, 0.3) is 5.70 Å². The Morgan fingerprint density at radius 3 is 2.26 bits per heavy atom. The van der Waals surface area contributed by atoms with Gasteiger partial charge in [0.1, 0.15) is 6.04 Å². The van der Waals surface area contributed by atoms with Gasteiger partial charge in [-0.05, 0) is 84.2 Å². The standard InChI is InChI=1S/C35H45N7O4/c1-8-22(2)17-28(20-36)38-31(43)21-37-16-15-35(33-39-34(45)46-40-33)29-13-11-24(23(3)41(4)5)18-25(29)9-10-26-19-27(12-14-30(26)35)32(44)42(6)7/h11-14,18-19,22,28,37H,3,8-10,15-17,21H2,1-2,4-7H3,(H,38,43)(H,39,40,45)/t22-,28?,35?/m0/s1. The minimum atomic E-state index is -0.972. The quantitative estimate of drug-likeness (QED) is 0.244. The summed E-state index contributed by atoms with van der Waals surface area (Å²) in [4.78, 5) is 46.0. The van der Waals surface area contributed by atoms with Crippen molar-refractivity contribution in [3.63, 3.8) is 0 Å². The fourth-order valence-corrected chi connectivity index (χ4v) is 6.17. The maximum absolute atomic E-state index is 13.0. The van der Waals surface area contributed by atoms with Crippen molar-refractivity contribution >= 4 is 17.5 Å². The highest BCUT2D eigenvalue weighted by Crippen LogP contribution is 2.46. The molecule has 0 spiro atoms. The summed E-state index contributed by atoms with van der Waals surface area (Å²) in [6, 6.07) is 13.5. The van der Waals surface area contributed by atoms with Crippen LogP contribution in [0.3, 0.4) is 0 Å². The van der Waals surface area contributed by atoms with Crippen LogP contribution in [0.15, 0.2) is 52.3 Å². The molecule has 46 heavy (non-hydrogen) atoms. The van der Waals surface area contributed by atoms with Gasteiger partial charge in [-0.25, -0.2) is 9.95 Å². The molecule has 2 aromatic carbocycles. The van der Waals surface area contributed by atoms with E-state index in [1.54, 1.807) is 19.0 Å². The summed E-state index contributed by atoms with van der Waals surface area (Å²) in [6.07, 6.45) is 3.26. The first-order chi connectivity index (χ1) is 21.9. The second kappa shape index (κ2) is 14.6. The van der Waals surface area contributed by atoms with E-state index in [1.165, 1.54) is 0 Å². The highest BCUT2D eigenvalue weighted by molar-refractivity contribution is 5.94. The first kappa shape index (κ1) is 34.2. The largest absolute Gasteiger partial charge is 0.459 e. The Hall–Kier alpha value is -4.69. The monoisotopic (exact) mass is 627 g/mol. The van der Waals surface area contributed by atoms with Gasteiger partial charge in [0.25, 0.3) is 5.91 Å². The molecule has 0 saturated carbocycles. The number of hydrogen-bond donors (Lipinski definition) is 3. The molecule has 4 rings (SSSR count). The number of fused-ring (bicyclic) bond motifs is 2. The number of H-pyrrole nitrogens is 1. The normalized spacial score (nSPS) is 16.6. The lowest BCUT2D eigenvalue weighted by Crippen LogP contribution is -2.42. The SMILES string of the molecule is C=C(c1ccc2c(c1)CCc1cc(C(=O)N(C)C)ccc1C2(CCNCC(=O)NC(C#N)C[C@@H](C)CC)c1nc(=O)o[nH]1)N(C)C. The highest BCUT2D eigenvalue weighted by Gasteiger charge is 2.44. The van der Waals surface area contributed by atoms with E-state index in [0.29, 0.717) is 49.5 Å². The van der Waals surface area contributed by atoms with Crippen molar-refractivity contribution in [3.05, 3.63) is 92.7 Å². The first-order valence-corrected chi connectivity index (χ1v) is 15.7. The van der Waals surface area contributed by atoms with Crippen LogP contribution in [0.5, 0.6) is 0 Å². The molecule has 1 aliphatic carbocycles. The van der Waals surface area contributed by atoms with Crippen molar-refractivity contribution in [3.8, 4) is 6.07 Å². The van der Waals surface area contributed by atoms with E-state index in [9.17, 15) is 19.6 Å². The molecule has 0 bridgehead atoms. The molecule has 2 unspecified atom stereocenters. The Balaban J connectivity index is 1.76. The number of aryl methyl sites for hydroxylation is 2. The molecule has 2 amide bonds. The van der Waals surface area contributed by atoms with Gasteiger partial charge in [0.05, 0.1) is 18.0 Å². The molecule has 1 heterocycles. The van der Waals surface area contributed by atoms with Crippen LogP contribution in [0.1, 0.15) is 77.1 Å². The van der Waals surface area contributed by atoms with E-state index in [4.69, 9.17) is 4.52 Å². The molecule has 3 atom stereocenters. The number of nitrogens with zero attached hydrogens (tertiary/aromatic N) is 4. The van der Waals surface area contributed by atoms with Crippen molar-refractivity contribution in [2.45, 2.75) is 57.4 Å². The smallest absolute Gasteiger partial charge is 0.378 e. The Bertz CT molecular complexity index is 1610. The van der Waals surface area contributed by atoms with E-state index in [-0.39, 0.29) is 18.4 Å². The maximum Gasteiger partial charge on any atom is 0.459 e. The fraction of sp³-hybridized carbons (Fsp3) is 0.457. The molecule has 11 heteroatoms. The molecule has 1 aliphatic rings.